The van der Waals surface area contributed by atoms with Crippen molar-refractivity contribution in [3.05, 3.63) is 24.3 Å². The predicted molar refractivity (Wildman–Crippen MR) is 54.8 cm³/mol. The fourth-order valence-corrected chi connectivity index (χ4v) is 3.16. The van der Waals surface area contributed by atoms with E-state index in [-0.39, 0.29) is 4.90 Å². The Bertz CT molecular complexity index is 538. The number of nitrogens with one attached hydrogen (secondary N) is 1. The van der Waals surface area contributed by atoms with Crippen LogP contribution in [0.25, 0.3) is 0 Å². The van der Waals surface area contributed by atoms with Crippen LogP contribution in [0.4, 0.5) is 5.69 Å². The van der Waals surface area contributed by atoms with Gasteiger partial charge in [-0.25, -0.2) is 8.42 Å². The number of amides is 1. The second kappa shape index (κ2) is 2.73. The highest BCUT2D eigenvalue weighted by Gasteiger charge is 2.51. The summed E-state index contributed by atoms with van der Waals surface area (Å²) in [7, 11) is -3.73. The van der Waals surface area contributed by atoms with Gasteiger partial charge in [-0.05, 0) is 19.1 Å². The number of carbonyl (C=O) groups excluding carboxylic acids is 1. The van der Waals surface area contributed by atoms with E-state index in [1.54, 1.807) is 18.2 Å². The SMILES string of the molecule is CC1(C(N)=O)Nc2ccccc2S1(=O)=O. The molecule has 0 spiro atoms. The molecule has 1 unspecified atom stereocenters. The monoisotopic (exact) mass is 226 g/mol. The smallest absolute Gasteiger partial charge is 0.259 e. The van der Waals surface area contributed by atoms with Gasteiger partial charge in [0.2, 0.25) is 14.7 Å². The van der Waals surface area contributed by atoms with E-state index in [0.717, 1.165) is 0 Å². The van der Waals surface area contributed by atoms with Crippen molar-refractivity contribution < 1.29 is 13.2 Å². The summed E-state index contributed by atoms with van der Waals surface area (Å²) in [5.41, 5.74) is 5.52. The third kappa shape index (κ3) is 1.08. The number of primary amides is 1. The molecule has 15 heavy (non-hydrogen) atoms. The molecule has 0 saturated heterocycles. The first kappa shape index (κ1) is 9.97. The van der Waals surface area contributed by atoms with Gasteiger partial charge in [-0.15, -0.1) is 0 Å². The highest BCUT2D eigenvalue weighted by Crippen LogP contribution is 2.38. The summed E-state index contributed by atoms with van der Waals surface area (Å²) in [6, 6.07) is 6.34. The number of nitrogens with two attached hydrogens (primary N) is 1. The highest BCUT2D eigenvalue weighted by atomic mass is 32.2. The van der Waals surface area contributed by atoms with Crippen molar-refractivity contribution in [2.75, 3.05) is 5.32 Å². The molecular weight excluding hydrogens is 216 g/mol. The maximum absolute atomic E-state index is 12.0. The molecule has 0 saturated carbocycles. The predicted octanol–water partition coefficient (Wildman–Crippen LogP) is 0.0873. The average Bonchev–Trinajstić information content (AvgIpc) is 2.37. The Morgan fingerprint density at radius 3 is 2.53 bits per heavy atom. The van der Waals surface area contributed by atoms with E-state index in [1.807, 2.05) is 0 Å². The summed E-state index contributed by atoms with van der Waals surface area (Å²) in [6.45, 7) is 1.27. The zero-order valence-electron chi connectivity index (χ0n) is 8.02. The largest absolute Gasteiger partial charge is 0.367 e. The van der Waals surface area contributed by atoms with Crippen molar-refractivity contribution in [3.63, 3.8) is 0 Å². The number of rotatable bonds is 1. The van der Waals surface area contributed by atoms with Crippen molar-refractivity contribution in [3.8, 4) is 0 Å². The number of carbonyl (C=O) groups is 1. The van der Waals surface area contributed by atoms with E-state index >= 15 is 0 Å². The topological polar surface area (TPSA) is 89.3 Å². The lowest BCUT2D eigenvalue weighted by molar-refractivity contribution is -0.119. The average molecular weight is 226 g/mol. The molecule has 80 valence electrons. The van der Waals surface area contributed by atoms with Crippen LogP contribution >= 0.6 is 0 Å². The van der Waals surface area contributed by atoms with E-state index < -0.39 is 20.6 Å². The molecule has 1 aliphatic rings. The van der Waals surface area contributed by atoms with Gasteiger partial charge < -0.3 is 11.1 Å². The lowest BCUT2D eigenvalue weighted by Crippen LogP contribution is -2.50. The molecule has 1 heterocycles. The number of fused-ring (bicyclic) bond motifs is 1. The number of benzene rings is 1. The van der Waals surface area contributed by atoms with Crippen LogP contribution in [-0.4, -0.2) is 19.2 Å². The Hall–Kier alpha value is -1.56. The van der Waals surface area contributed by atoms with Crippen LogP contribution in [0.5, 0.6) is 0 Å². The van der Waals surface area contributed by atoms with Crippen LogP contribution in [0, 0.1) is 0 Å². The van der Waals surface area contributed by atoms with Crippen molar-refractivity contribution in [1.82, 2.24) is 0 Å². The maximum Gasteiger partial charge on any atom is 0.259 e. The number of anilines is 1. The molecule has 3 N–H and O–H groups in total. The molecule has 1 aromatic carbocycles. The molecule has 1 aliphatic heterocycles. The molecule has 5 nitrogen and oxygen atoms in total. The standard InChI is InChI=1S/C9H10N2O3S/c1-9(8(10)12)11-6-4-2-3-5-7(6)15(9,13)14/h2-5,11H,1H3,(H2,10,12). The Morgan fingerprint density at radius 2 is 2.00 bits per heavy atom. The molecule has 6 heteroatoms. The zero-order chi connectivity index (χ0) is 11.3. The Labute approximate surface area is 87.2 Å². The van der Waals surface area contributed by atoms with E-state index in [0.29, 0.717) is 5.69 Å². The van der Waals surface area contributed by atoms with Gasteiger partial charge in [0, 0.05) is 0 Å². The number of para-hydroxylation sites is 1. The first-order chi connectivity index (χ1) is 6.89. The lowest BCUT2D eigenvalue weighted by Gasteiger charge is -2.19. The van der Waals surface area contributed by atoms with Gasteiger partial charge >= 0.3 is 0 Å². The van der Waals surface area contributed by atoms with Crippen LogP contribution in [0.15, 0.2) is 29.2 Å². The minimum atomic E-state index is -3.73. The lowest BCUT2D eigenvalue weighted by atomic mass is 10.2. The van der Waals surface area contributed by atoms with Gasteiger partial charge in [-0.3, -0.25) is 4.79 Å². The minimum Gasteiger partial charge on any atom is -0.367 e. The van der Waals surface area contributed by atoms with Crippen molar-refractivity contribution >= 4 is 21.4 Å². The summed E-state index contributed by atoms with van der Waals surface area (Å²) in [4.78, 5) is 9.57. The molecule has 1 amide bonds. The van der Waals surface area contributed by atoms with Gasteiger partial charge in [0.05, 0.1) is 10.6 Å². The first-order valence-electron chi connectivity index (χ1n) is 4.31. The second-order valence-electron chi connectivity index (χ2n) is 3.52. The van der Waals surface area contributed by atoms with Crippen molar-refractivity contribution in [2.45, 2.75) is 16.7 Å². The van der Waals surface area contributed by atoms with E-state index in [2.05, 4.69) is 5.32 Å². The minimum absolute atomic E-state index is 0.117. The number of sulfone groups is 1. The molecule has 0 aromatic heterocycles. The third-order valence-corrected chi connectivity index (χ3v) is 4.87. The zero-order valence-corrected chi connectivity index (χ0v) is 8.84. The maximum atomic E-state index is 12.0. The van der Waals surface area contributed by atoms with Gasteiger partial charge in [-0.1, -0.05) is 12.1 Å². The van der Waals surface area contributed by atoms with Crippen molar-refractivity contribution in [2.24, 2.45) is 5.73 Å². The fraction of sp³-hybridized carbons (Fsp3) is 0.222. The Kier molecular flexibility index (Phi) is 1.81. The molecule has 1 aromatic rings. The quantitative estimate of drug-likeness (QED) is 0.710. The molecule has 0 radical (unpaired) electrons. The number of hydrogen-bond acceptors (Lipinski definition) is 4. The fourth-order valence-electron chi connectivity index (χ4n) is 1.54. The Morgan fingerprint density at radius 1 is 1.40 bits per heavy atom. The van der Waals surface area contributed by atoms with Crippen molar-refractivity contribution in [1.29, 1.82) is 0 Å². The number of hydrogen-bond donors (Lipinski definition) is 2. The summed E-state index contributed by atoms with van der Waals surface area (Å²) in [5, 5.41) is 2.64. The van der Waals surface area contributed by atoms with Gasteiger partial charge in [-0.2, -0.15) is 0 Å². The summed E-state index contributed by atoms with van der Waals surface area (Å²) < 4.78 is 24.0. The molecule has 0 aliphatic carbocycles. The summed E-state index contributed by atoms with van der Waals surface area (Å²) in [6.07, 6.45) is 0. The van der Waals surface area contributed by atoms with Gasteiger partial charge in [0.1, 0.15) is 0 Å². The summed E-state index contributed by atoms with van der Waals surface area (Å²) in [5.74, 6) is -0.904. The molecule has 0 bridgehead atoms. The molecule has 1 atom stereocenters. The van der Waals surface area contributed by atoms with Gasteiger partial charge in [0.15, 0.2) is 0 Å². The van der Waals surface area contributed by atoms with E-state index in [1.165, 1.54) is 13.0 Å². The second-order valence-corrected chi connectivity index (χ2v) is 5.79. The first-order valence-corrected chi connectivity index (χ1v) is 5.79. The van der Waals surface area contributed by atoms with Crippen LogP contribution < -0.4 is 11.1 Å². The Balaban J connectivity index is 2.73. The molecule has 0 fully saturated rings. The van der Waals surface area contributed by atoms with E-state index in [9.17, 15) is 13.2 Å². The summed E-state index contributed by atoms with van der Waals surface area (Å²) >= 11 is 0. The van der Waals surface area contributed by atoms with E-state index in [4.69, 9.17) is 5.73 Å². The molecular formula is C9H10N2O3S. The van der Waals surface area contributed by atoms with Crippen LogP contribution in [0.2, 0.25) is 0 Å². The van der Waals surface area contributed by atoms with Crippen LogP contribution in [0.1, 0.15) is 6.92 Å². The van der Waals surface area contributed by atoms with Crippen LogP contribution in [-0.2, 0) is 14.6 Å². The van der Waals surface area contributed by atoms with Gasteiger partial charge in [0.25, 0.3) is 5.91 Å². The third-order valence-electron chi connectivity index (χ3n) is 2.56. The normalized spacial score (nSPS) is 26.7. The van der Waals surface area contributed by atoms with Crippen LogP contribution in [0.3, 0.4) is 0 Å². The highest BCUT2D eigenvalue weighted by molar-refractivity contribution is 7.94. The molecule has 2 rings (SSSR count).